The molecule has 0 bridgehead atoms. The maximum absolute atomic E-state index is 11.0. The summed E-state index contributed by atoms with van der Waals surface area (Å²) in [5.41, 5.74) is 5.61. The highest BCUT2D eigenvalue weighted by atomic mass is 16.6. The number of rotatable bonds is 4. The van der Waals surface area contributed by atoms with Crippen LogP contribution in [-0.2, 0) is 0 Å². The lowest BCUT2D eigenvalue weighted by molar-refractivity contribution is -0.385. The highest BCUT2D eigenvalue weighted by Crippen LogP contribution is 2.29. The molecule has 2 atom stereocenters. The van der Waals surface area contributed by atoms with Crippen LogP contribution in [0.15, 0.2) is 0 Å². The first-order valence-corrected chi connectivity index (χ1v) is 6.17. The molecule has 1 aliphatic carbocycles. The Balaban J connectivity index is 2.12. The van der Waals surface area contributed by atoms with E-state index in [1.54, 1.807) is 0 Å². The second kappa shape index (κ2) is 5.35. The molecule has 0 amide bonds. The second-order valence-corrected chi connectivity index (χ2v) is 4.84. The number of hydrogen-bond acceptors (Lipinski definition) is 7. The first-order valence-electron chi connectivity index (χ1n) is 6.17. The van der Waals surface area contributed by atoms with Crippen LogP contribution >= 0.6 is 0 Å². The van der Waals surface area contributed by atoms with Crippen LogP contribution in [0.5, 0.6) is 0 Å². The minimum Gasteiger partial charge on any atom is -0.393 e. The van der Waals surface area contributed by atoms with E-state index in [1.807, 2.05) is 0 Å². The summed E-state index contributed by atoms with van der Waals surface area (Å²) in [7, 11) is 0. The molecule has 1 aliphatic rings. The Bertz CT molecular complexity index is 493. The quantitative estimate of drug-likeness (QED) is 0.545. The third kappa shape index (κ3) is 3.08. The Labute approximate surface area is 110 Å². The number of aliphatic hydroxyl groups is 1. The van der Waals surface area contributed by atoms with Crippen LogP contribution in [0.1, 0.15) is 25.0 Å². The normalized spacial score (nSPS) is 22.4. The van der Waals surface area contributed by atoms with E-state index < -0.39 is 4.92 Å². The lowest BCUT2D eigenvalue weighted by atomic mass is 10.1. The van der Waals surface area contributed by atoms with Crippen LogP contribution in [0.25, 0.3) is 0 Å². The Morgan fingerprint density at radius 3 is 2.84 bits per heavy atom. The topological polar surface area (TPSA) is 127 Å². The molecule has 1 aromatic heterocycles. The first kappa shape index (κ1) is 13.5. The van der Waals surface area contributed by atoms with E-state index >= 15 is 0 Å². The lowest BCUT2D eigenvalue weighted by Gasteiger charge is -2.12. The van der Waals surface area contributed by atoms with Crippen molar-refractivity contribution in [3.05, 3.63) is 15.8 Å². The van der Waals surface area contributed by atoms with E-state index in [-0.39, 0.29) is 29.3 Å². The average molecular weight is 267 g/mol. The van der Waals surface area contributed by atoms with Crippen LogP contribution in [-0.4, -0.2) is 32.6 Å². The van der Waals surface area contributed by atoms with Crippen molar-refractivity contribution in [3.8, 4) is 0 Å². The van der Waals surface area contributed by atoms with Crippen molar-refractivity contribution in [1.29, 1.82) is 0 Å². The van der Waals surface area contributed by atoms with E-state index in [0.717, 1.165) is 12.8 Å². The molecule has 2 rings (SSSR count). The molecule has 2 unspecified atom stereocenters. The van der Waals surface area contributed by atoms with Crippen molar-refractivity contribution < 1.29 is 10.0 Å². The smallest absolute Gasteiger partial charge is 0.332 e. The number of aryl methyl sites for hydroxylation is 1. The summed E-state index contributed by atoms with van der Waals surface area (Å²) in [6.07, 6.45) is 2.13. The van der Waals surface area contributed by atoms with Crippen LogP contribution in [0.2, 0.25) is 0 Å². The van der Waals surface area contributed by atoms with Crippen LogP contribution < -0.4 is 11.1 Å². The summed E-state index contributed by atoms with van der Waals surface area (Å²) >= 11 is 0. The van der Waals surface area contributed by atoms with Crippen molar-refractivity contribution in [2.24, 2.45) is 5.92 Å². The number of nitrogens with zero attached hydrogens (tertiary/aromatic N) is 3. The standard InChI is InChI=1S/C11H17N5O3/c1-6-9(16(18)19)10(15-11(12)14-6)13-5-7-2-3-8(17)4-7/h7-8,17H,2-5H2,1H3,(H3,12,13,14,15). The number of hydrogen-bond donors (Lipinski definition) is 3. The largest absolute Gasteiger partial charge is 0.393 e. The van der Waals surface area contributed by atoms with E-state index in [1.165, 1.54) is 6.92 Å². The number of aromatic nitrogens is 2. The van der Waals surface area contributed by atoms with Crippen molar-refractivity contribution in [1.82, 2.24) is 9.97 Å². The van der Waals surface area contributed by atoms with Gasteiger partial charge in [-0.15, -0.1) is 0 Å². The summed E-state index contributed by atoms with van der Waals surface area (Å²) in [6, 6.07) is 0. The molecule has 19 heavy (non-hydrogen) atoms. The molecule has 0 spiro atoms. The predicted octanol–water partition coefficient (Wildman–Crippen LogP) is 0.848. The Hall–Kier alpha value is -1.96. The van der Waals surface area contributed by atoms with Gasteiger partial charge in [0, 0.05) is 6.54 Å². The van der Waals surface area contributed by atoms with Gasteiger partial charge in [-0.1, -0.05) is 0 Å². The zero-order valence-corrected chi connectivity index (χ0v) is 10.7. The third-order valence-corrected chi connectivity index (χ3v) is 3.33. The van der Waals surface area contributed by atoms with Gasteiger partial charge < -0.3 is 16.2 Å². The molecule has 1 fully saturated rings. The van der Waals surface area contributed by atoms with Gasteiger partial charge in [0.05, 0.1) is 11.0 Å². The Morgan fingerprint density at radius 1 is 1.53 bits per heavy atom. The van der Waals surface area contributed by atoms with Gasteiger partial charge in [0.15, 0.2) is 0 Å². The highest BCUT2D eigenvalue weighted by molar-refractivity contribution is 5.60. The maximum Gasteiger partial charge on any atom is 0.332 e. The van der Waals surface area contributed by atoms with Gasteiger partial charge >= 0.3 is 5.69 Å². The van der Waals surface area contributed by atoms with Gasteiger partial charge in [-0.3, -0.25) is 10.1 Å². The SMILES string of the molecule is Cc1nc(N)nc(NCC2CCC(O)C2)c1[N+](=O)[O-]. The minimum absolute atomic E-state index is 0.0112. The molecule has 4 N–H and O–H groups in total. The number of nitrogens with two attached hydrogens (primary N) is 1. The van der Waals surface area contributed by atoms with Crippen LogP contribution in [0.4, 0.5) is 17.5 Å². The van der Waals surface area contributed by atoms with Gasteiger partial charge in [0.25, 0.3) is 0 Å². The molecule has 1 heterocycles. The summed E-state index contributed by atoms with van der Waals surface area (Å²) in [5.74, 6) is 0.458. The fraction of sp³-hybridized carbons (Fsp3) is 0.636. The van der Waals surface area contributed by atoms with Gasteiger partial charge in [-0.25, -0.2) is 4.98 Å². The highest BCUT2D eigenvalue weighted by Gasteiger charge is 2.25. The molecule has 0 radical (unpaired) electrons. The second-order valence-electron chi connectivity index (χ2n) is 4.84. The number of nitrogens with one attached hydrogen (secondary N) is 1. The van der Waals surface area contributed by atoms with E-state index in [9.17, 15) is 15.2 Å². The van der Waals surface area contributed by atoms with E-state index in [2.05, 4.69) is 15.3 Å². The molecule has 1 saturated carbocycles. The Morgan fingerprint density at radius 2 is 2.26 bits per heavy atom. The predicted molar refractivity (Wildman–Crippen MR) is 69.7 cm³/mol. The molecular weight excluding hydrogens is 250 g/mol. The van der Waals surface area contributed by atoms with Crippen molar-refractivity contribution >= 4 is 17.5 Å². The zero-order valence-electron chi connectivity index (χ0n) is 10.7. The summed E-state index contributed by atoms with van der Waals surface area (Å²) in [6.45, 7) is 2.06. The number of anilines is 2. The lowest BCUT2D eigenvalue weighted by Crippen LogP contribution is -2.16. The van der Waals surface area contributed by atoms with Crippen molar-refractivity contribution in [2.45, 2.75) is 32.3 Å². The number of nitrogen functional groups attached to an aromatic ring is 1. The maximum atomic E-state index is 11.0. The monoisotopic (exact) mass is 267 g/mol. The molecule has 0 aliphatic heterocycles. The van der Waals surface area contributed by atoms with E-state index in [0.29, 0.717) is 18.9 Å². The molecule has 8 nitrogen and oxygen atoms in total. The fourth-order valence-electron chi connectivity index (χ4n) is 2.41. The summed E-state index contributed by atoms with van der Waals surface area (Å²) in [5, 5.41) is 23.4. The van der Waals surface area contributed by atoms with Gasteiger partial charge in [-0.2, -0.15) is 4.98 Å². The third-order valence-electron chi connectivity index (χ3n) is 3.33. The van der Waals surface area contributed by atoms with Crippen LogP contribution in [0, 0.1) is 23.0 Å². The number of aliphatic hydroxyl groups excluding tert-OH is 1. The summed E-state index contributed by atoms with van der Waals surface area (Å²) in [4.78, 5) is 18.2. The van der Waals surface area contributed by atoms with Gasteiger partial charge in [-0.05, 0) is 32.1 Å². The number of nitro groups is 1. The first-order chi connectivity index (χ1) is 8.97. The van der Waals surface area contributed by atoms with E-state index in [4.69, 9.17) is 5.73 Å². The van der Waals surface area contributed by atoms with Crippen LogP contribution in [0.3, 0.4) is 0 Å². The van der Waals surface area contributed by atoms with Crippen molar-refractivity contribution in [3.63, 3.8) is 0 Å². The molecule has 104 valence electrons. The Kier molecular flexibility index (Phi) is 3.79. The minimum atomic E-state index is -0.513. The molecule has 1 aromatic rings. The molecule has 0 saturated heterocycles. The zero-order chi connectivity index (χ0) is 14.0. The molecule has 0 aromatic carbocycles. The van der Waals surface area contributed by atoms with Crippen molar-refractivity contribution in [2.75, 3.05) is 17.6 Å². The average Bonchev–Trinajstić information content (AvgIpc) is 2.71. The fourth-order valence-corrected chi connectivity index (χ4v) is 2.41. The molecular formula is C11H17N5O3. The van der Waals surface area contributed by atoms with Gasteiger partial charge in [0.1, 0.15) is 5.69 Å². The van der Waals surface area contributed by atoms with Gasteiger partial charge in [0.2, 0.25) is 11.8 Å². The molecule has 8 heteroatoms. The summed E-state index contributed by atoms with van der Waals surface area (Å²) < 4.78 is 0.